The topological polar surface area (TPSA) is 55.2 Å². The molecule has 0 saturated heterocycles. The van der Waals surface area contributed by atoms with Gasteiger partial charge in [-0.15, -0.1) is 0 Å². The minimum absolute atomic E-state index is 0.213. The number of nitrogens with one attached hydrogen (secondary N) is 1. The van der Waals surface area contributed by atoms with Crippen LogP contribution in [0.5, 0.6) is 0 Å². The Bertz CT molecular complexity index is 467. The predicted molar refractivity (Wildman–Crippen MR) is 70.7 cm³/mol. The zero-order valence-electron chi connectivity index (χ0n) is 10.6. The number of benzene rings is 1. The summed E-state index contributed by atoms with van der Waals surface area (Å²) in [6.07, 6.45) is 5.23. The van der Waals surface area contributed by atoms with Crippen LogP contribution >= 0.6 is 0 Å². The summed E-state index contributed by atoms with van der Waals surface area (Å²) in [6, 6.07) is 6.00. The molecule has 2 aliphatic rings. The number of hydrogen-bond acceptors (Lipinski definition) is 3. The van der Waals surface area contributed by atoms with Crippen LogP contribution in [0.1, 0.15) is 31.2 Å². The van der Waals surface area contributed by atoms with Gasteiger partial charge in [-0.25, -0.2) is 0 Å². The summed E-state index contributed by atoms with van der Waals surface area (Å²) in [5, 5.41) is 14.5. The third-order valence-electron chi connectivity index (χ3n) is 4.00. The van der Waals surface area contributed by atoms with Crippen molar-refractivity contribution in [3.63, 3.8) is 0 Å². The molecule has 0 atom stereocenters. The largest absolute Gasteiger partial charge is 0.382 e. The van der Waals surface area contributed by atoms with Gasteiger partial charge in [0.1, 0.15) is 0 Å². The Morgan fingerprint density at radius 3 is 2.39 bits per heavy atom. The summed E-state index contributed by atoms with van der Waals surface area (Å²) in [6.45, 7) is 1.78. The SMILES string of the molecule is Cc1ccc(NC(C2CC2)C2CC2)cc1[N+](=O)[O-]. The van der Waals surface area contributed by atoms with Crippen LogP contribution in [-0.4, -0.2) is 11.0 Å². The number of nitrogens with zero attached hydrogens (tertiary/aromatic N) is 1. The quantitative estimate of drug-likeness (QED) is 0.639. The van der Waals surface area contributed by atoms with Crippen molar-refractivity contribution < 1.29 is 4.92 Å². The first kappa shape index (κ1) is 11.5. The highest BCUT2D eigenvalue weighted by molar-refractivity contribution is 5.55. The molecule has 2 aliphatic carbocycles. The van der Waals surface area contributed by atoms with Crippen molar-refractivity contribution in [3.05, 3.63) is 33.9 Å². The van der Waals surface area contributed by atoms with Crippen molar-refractivity contribution in [2.24, 2.45) is 11.8 Å². The molecule has 4 nitrogen and oxygen atoms in total. The molecule has 0 radical (unpaired) electrons. The van der Waals surface area contributed by atoms with E-state index in [-0.39, 0.29) is 10.6 Å². The standard InChI is InChI=1S/C14H18N2O2/c1-9-2-7-12(8-13(9)16(17)18)15-14(10-3-4-10)11-5-6-11/h2,7-8,10-11,14-15H,3-6H2,1H3. The fourth-order valence-electron chi connectivity index (χ4n) is 2.62. The number of aryl methyl sites for hydroxylation is 1. The predicted octanol–water partition coefficient (Wildman–Crippen LogP) is 3.50. The lowest BCUT2D eigenvalue weighted by Gasteiger charge is -2.19. The summed E-state index contributed by atoms with van der Waals surface area (Å²) < 4.78 is 0. The molecule has 0 aromatic heterocycles. The lowest BCUT2D eigenvalue weighted by Crippen LogP contribution is -2.24. The lowest BCUT2D eigenvalue weighted by molar-refractivity contribution is -0.385. The molecule has 18 heavy (non-hydrogen) atoms. The average Bonchev–Trinajstić information content (AvgIpc) is 3.20. The Hall–Kier alpha value is -1.58. The van der Waals surface area contributed by atoms with Gasteiger partial charge in [0.2, 0.25) is 0 Å². The zero-order valence-corrected chi connectivity index (χ0v) is 10.6. The molecule has 96 valence electrons. The van der Waals surface area contributed by atoms with Crippen molar-refractivity contribution >= 4 is 11.4 Å². The van der Waals surface area contributed by atoms with E-state index in [1.54, 1.807) is 13.0 Å². The maximum Gasteiger partial charge on any atom is 0.274 e. The summed E-state index contributed by atoms with van der Waals surface area (Å²) in [5.41, 5.74) is 1.83. The number of anilines is 1. The molecule has 0 bridgehead atoms. The minimum atomic E-state index is -0.302. The van der Waals surface area contributed by atoms with E-state index in [0.717, 1.165) is 23.1 Å². The van der Waals surface area contributed by atoms with Gasteiger partial charge >= 0.3 is 0 Å². The second kappa shape index (κ2) is 4.26. The first-order chi connectivity index (χ1) is 8.65. The number of nitro benzene ring substituents is 1. The van der Waals surface area contributed by atoms with Gasteiger partial charge in [0, 0.05) is 23.4 Å². The van der Waals surface area contributed by atoms with Gasteiger partial charge in [-0.2, -0.15) is 0 Å². The van der Waals surface area contributed by atoms with E-state index in [0.29, 0.717) is 6.04 Å². The summed E-state index contributed by atoms with van der Waals surface area (Å²) in [7, 11) is 0. The van der Waals surface area contributed by atoms with Gasteiger partial charge in [-0.3, -0.25) is 10.1 Å². The molecule has 1 aromatic rings. The molecule has 0 aliphatic heterocycles. The first-order valence-corrected chi connectivity index (χ1v) is 6.67. The van der Waals surface area contributed by atoms with Gasteiger partial charge in [0.05, 0.1) is 4.92 Å². The summed E-state index contributed by atoms with van der Waals surface area (Å²) in [4.78, 5) is 10.6. The van der Waals surface area contributed by atoms with Crippen LogP contribution < -0.4 is 5.32 Å². The molecule has 3 rings (SSSR count). The van der Waals surface area contributed by atoms with E-state index in [1.165, 1.54) is 25.7 Å². The second-order valence-electron chi connectivity index (χ2n) is 5.60. The fraction of sp³-hybridized carbons (Fsp3) is 0.571. The Balaban J connectivity index is 1.78. The Kier molecular flexibility index (Phi) is 2.73. The molecule has 0 heterocycles. The van der Waals surface area contributed by atoms with Crippen LogP contribution in [0.15, 0.2) is 18.2 Å². The van der Waals surface area contributed by atoms with Crippen LogP contribution in [0.25, 0.3) is 0 Å². The maximum absolute atomic E-state index is 10.9. The molecule has 4 heteroatoms. The fourth-order valence-corrected chi connectivity index (χ4v) is 2.62. The Labute approximate surface area is 107 Å². The molecule has 2 saturated carbocycles. The highest BCUT2D eigenvalue weighted by Crippen LogP contribution is 2.46. The maximum atomic E-state index is 10.9. The molecular formula is C14H18N2O2. The van der Waals surface area contributed by atoms with Crippen LogP contribution in [-0.2, 0) is 0 Å². The van der Waals surface area contributed by atoms with E-state index in [4.69, 9.17) is 0 Å². The van der Waals surface area contributed by atoms with E-state index in [1.807, 2.05) is 12.1 Å². The molecular weight excluding hydrogens is 228 g/mol. The normalized spacial score (nSPS) is 19.0. The second-order valence-corrected chi connectivity index (χ2v) is 5.60. The van der Waals surface area contributed by atoms with Crippen molar-refractivity contribution in [2.75, 3.05) is 5.32 Å². The number of nitro groups is 1. The van der Waals surface area contributed by atoms with E-state index >= 15 is 0 Å². The van der Waals surface area contributed by atoms with Crippen LogP contribution in [0.2, 0.25) is 0 Å². The molecule has 1 aromatic carbocycles. The third kappa shape index (κ3) is 2.33. The van der Waals surface area contributed by atoms with Gasteiger partial charge in [-0.1, -0.05) is 6.07 Å². The highest BCUT2D eigenvalue weighted by atomic mass is 16.6. The Morgan fingerprint density at radius 1 is 1.28 bits per heavy atom. The Morgan fingerprint density at radius 2 is 1.89 bits per heavy atom. The van der Waals surface area contributed by atoms with Crippen molar-refractivity contribution in [1.82, 2.24) is 0 Å². The van der Waals surface area contributed by atoms with Gasteiger partial charge in [0.15, 0.2) is 0 Å². The van der Waals surface area contributed by atoms with Crippen LogP contribution in [0.3, 0.4) is 0 Å². The minimum Gasteiger partial charge on any atom is -0.382 e. The summed E-state index contributed by atoms with van der Waals surface area (Å²) in [5.74, 6) is 1.58. The third-order valence-corrected chi connectivity index (χ3v) is 4.00. The van der Waals surface area contributed by atoms with E-state index < -0.39 is 0 Å². The van der Waals surface area contributed by atoms with Gasteiger partial charge < -0.3 is 5.32 Å². The average molecular weight is 246 g/mol. The zero-order chi connectivity index (χ0) is 12.7. The first-order valence-electron chi connectivity index (χ1n) is 6.67. The van der Waals surface area contributed by atoms with Crippen molar-refractivity contribution in [2.45, 2.75) is 38.6 Å². The van der Waals surface area contributed by atoms with Crippen LogP contribution in [0, 0.1) is 28.9 Å². The molecule has 0 unspecified atom stereocenters. The van der Waals surface area contributed by atoms with Crippen molar-refractivity contribution in [1.29, 1.82) is 0 Å². The van der Waals surface area contributed by atoms with E-state index in [9.17, 15) is 10.1 Å². The van der Waals surface area contributed by atoms with E-state index in [2.05, 4.69) is 5.32 Å². The van der Waals surface area contributed by atoms with Gasteiger partial charge in [0.25, 0.3) is 5.69 Å². The van der Waals surface area contributed by atoms with Crippen LogP contribution in [0.4, 0.5) is 11.4 Å². The number of rotatable bonds is 5. The summed E-state index contributed by atoms with van der Waals surface area (Å²) >= 11 is 0. The lowest BCUT2D eigenvalue weighted by atomic mass is 10.1. The molecule has 0 spiro atoms. The molecule has 1 N–H and O–H groups in total. The monoisotopic (exact) mass is 246 g/mol. The molecule has 2 fully saturated rings. The highest BCUT2D eigenvalue weighted by Gasteiger charge is 2.41. The van der Waals surface area contributed by atoms with Crippen molar-refractivity contribution in [3.8, 4) is 0 Å². The number of hydrogen-bond donors (Lipinski definition) is 1. The molecule has 0 amide bonds. The van der Waals surface area contributed by atoms with Gasteiger partial charge in [-0.05, 0) is 50.5 Å². The smallest absolute Gasteiger partial charge is 0.274 e.